The van der Waals surface area contributed by atoms with Crippen molar-refractivity contribution in [1.29, 1.82) is 0 Å². The summed E-state index contributed by atoms with van der Waals surface area (Å²) < 4.78 is 5.59. The average Bonchev–Trinajstić information content (AvgIpc) is 2.69. The zero-order chi connectivity index (χ0) is 19.8. The van der Waals surface area contributed by atoms with Crippen LogP contribution < -0.4 is 15.4 Å². The Morgan fingerprint density at radius 1 is 0.857 bits per heavy atom. The number of carbonyl (C=O) groups excluding carboxylic acids is 1. The maximum Gasteiger partial charge on any atom is 0.224 e. The molecule has 144 valence electrons. The van der Waals surface area contributed by atoms with Crippen molar-refractivity contribution in [3.05, 3.63) is 82.8 Å². The summed E-state index contributed by atoms with van der Waals surface area (Å²) in [5.41, 5.74) is 2.72. The van der Waals surface area contributed by atoms with Crippen LogP contribution in [0.15, 0.2) is 72.8 Å². The molecule has 0 saturated heterocycles. The summed E-state index contributed by atoms with van der Waals surface area (Å²) in [4.78, 5) is 12.1. The number of hydrogen-bond donors (Lipinski definition) is 2. The molecule has 0 heterocycles. The molecule has 3 rings (SSSR count). The van der Waals surface area contributed by atoms with Crippen LogP contribution in [0.2, 0.25) is 10.0 Å². The summed E-state index contributed by atoms with van der Waals surface area (Å²) in [5.74, 6) is 0.502. The molecule has 4 nitrogen and oxygen atoms in total. The standard InChI is InChI=1S/C22H20Cl2N2O2/c23-16-8-13-21(20(24)15-16)28-14-4-7-22(27)26-19-11-9-18(10-12-19)25-17-5-2-1-3-6-17/h1-3,5-6,8-13,15,25H,4,7,14H2,(H,26,27). The second-order valence-corrected chi connectivity index (χ2v) is 6.99. The van der Waals surface area contributed by atoms with Crippen LogP contribution in [0.1, 0.15) is 12.8 Å². The largest absolute Gasteiger partial charge is 0.492 e. The topological polar surface area (TPSA) is 50.4 Å². The lowest BCUT2D eigenvalue weighted by Gasteiger charge is -2.10. The van der Waals surface area contributed by atoms with E-state index in [1.807, 2.05) is 54.6 Å². The average molecular weight is 415 g/mol. The van der Waals surface area contributed by atoms with E-state index in [0.717, 1.165) is 17.1 Å². The van der Waals surface area contributed by atoms with Crippen molar-refractivity contribution < 1.29 is 9.53 Å². The van der Waals surface area contributed by atoms with E-state index in [1.165, 1.54) is 0 Å². The Morgan fingerprint density at radius 2 is 1.54 bits per heavy atom. The second-order valence-electron chi connectivity index (χ2n) is 6.14. The number of nitrogens with one attached hydrogen (secondary N) is 2. The van der Waals surface area contributed by atoms with Crippen LogP contribution in [0.5, 0.6) is 5.75 Å². The van der Waals surface area contributed by atoms with Crippen molar-refractivity contribution in [2.24, 2.45) is 0 Å². The first kappa shape index (κ1) is 20.1. The number of benzene rings is 3. The van der Waals surface area contributed by atoms with Crippen molar-refractivity contribution in [3.8, 4) is 5.75 Å². The molecule has 0 saturated carbocycles. The molecule has 3 aromatic rings. The summed E-state index contributed by atoms with van der Waals surface area (Å²) in [7, 11) is 0. The minimum absolute atomic E-state index is 0.0606. The summed E-state index contributed by atoms with van der Waals surface area (Å²) in [5, 5.41) is 7.20. The molecule has 0 aliphatic rings. The second kappa shape index (κ2) is 10.0. The number of rotatable bonds is 8. The van der Waals surface area contributed by atoms with Gasteiger partial charge in [-0.3, -0.25) is 4.79 Å². The van der Waals surface area contributed by atoms with Crippen molar-refractivity contribution in [2.75, 3.05) is 17.2 Å². The van der Waals surface area contributed by atoms with Crippen molar-refractivity contribution >= 4 is 46.2 Å². The molecule has 0 radical (unpaired) electrons. The fourth-order valence-electron chi connectivity index (χ4n) is 2.56. The maximum atomic E-state index is 12.1. The molecule has 0 fully saturated rings. The highest BCUT2D eigenvalue weighted by Crippen LogP contribution is 2.27. The van der Waals surface area contributed by atoms with Gasteiger partial charge in [0.15, 0.2) is 0 Å². The highest BCUT2D eigenvalue weighted by Gasteiger charge is 2.05. The van der Waals surface area contributed by atoms with Gasteiger partial charge >= 0.3 is 0 Å². The van der Waals surface area contributed by atoms with E-state index in [0.29, 0.717) is 35.2 Å². The van der Waals surface area contributed by atoms with Crippen LogP contribution in [0, 0.1) is 0 Å². The first-order valence-corrected chi connectivity index (χ1v) is 9.65. The van der Waals surface area contributed by atoms with Gasteiger partial charge in [0.25, 0.3) is 0 Å². The monoisotopic (exact) mass is 414 g/mol. The van der Waals surface area contributed by atoms with E-state index in [9.17, 15) is 4.79 Å². The molecule has 0 bridgehead atoms. The highest BCUT2D eigenvalue weighted by molar-refractivity contribution is 6.35. The predicted molar refractivity (Wildman–Crippen MR) is 116 cm³/mol. The molecule has 0 aromatic heterocycles. The van der Waals surface area contributed by atoms with Crippen molar-refractivity contribution in [2.45, 2.75) is 12.8 Å². The molecule has 6 heteroatoms. The molecule has 0 atom stereocenters. The van der Waals surface area contributed by atoms with E-state index < -0.39 is 0 Å². The van der Waals surface area contributed by atoms with Gasteiger partial charge in [0.2, 0.25) is 5.91 Å². The third kappa shape index (κ3) is 6.19. The lowest BCUT2D eigenvalue weighted by Crippen LogP contribution is -2.12. The molecule has 0 aliphatic carbocycles. The summed E-state index contributed by atoms with van der Waals surface area (Å²) in [6.07, 6.45) is 0.938. The third-order valence-corrected chi connectivity index (χ3v) is 4.46. The molecular formula is C22H20Cl2N2O2. The van der Waals surface area contributed by atoms with Crippen LogP contribution >= 0.6 is 23.2 Å². The molecule has 2 N–H and O–H groups in total. The SMILES string of the molecule is O=C(CCCOc1ccc(Cl)cc1Cl)Nc1ccc(Nc2ccccc2)cc1. The van der Waals surface area contributed by atoms with Gasteiger partial charge in [-0.15, -0.1) is 0 Å². The van der Waals surface area contributed by atoms with Crippen LogP contribution in [0.3, 0.4) is 0 Å². The Hall–Kier alpha value is -2.69. The minimum atomic E-state index is -0.0606. The number of carbonyl (C=O) groups is 1. The predicted octanol–water partition coefficient (Wildman–Crippen LogP) is 6.53. The van der Waals surface area contributed by atoms with Crippen LogP contribution in [0.4, 0.5) is 17.1 Å². The molecular weight excluding hydrogens is 395 g/mol. The van der Waals surface area contributed by atoms with Gasteiger partial charge in [-0.25, -0.2) is 0 Å². The number of anilines is 3. The fourth-order valence-corrected chi connectivity index (χ4v) is 3.02. The Morgan fingerprint density at radius 3 is 2.25 bits per heavy atom. The van der Waals surface area contributed by atoms with Gasteiger partial charge in [-0.05, 0) is 61.0 Å². The quantitative estimate of drug-likeness (QED) is 0.411. The normalized spacial score (nSPS) is 10.4. The van der Waals surface area contributed by atoms with Gasteiger partial charge in [-0.1, -0.05) is 41.4 Å². The Bertz CT molecular complexity index is 916. The molecule has 0 unspecified atom stereocenters. The van der Waals surface area contributed by atoms with E-state index in [2.05, 4.69) is 10.6 Å². The Kier molecular flexibility index (Phi) is 7.18. The third-order valence-electron chi connectivity index (χ3n) is 3.93. The smallest absolute Gasteiger partial charge is 0.224 e. The highest BCUT2D eigenvalue weighted by atomic mass is 35.5. The fraction of sp³-hybridized carbons (Fsp3) is 0.136. The van der Waals surface area contributed by atoms with Gasteiger partial charge in [0.05, 0.1) is 11.6 Å². The number of halogens is 2. The van der Waals surface area contributed by atoms with Crippen LogP contribution in [-0.4, -0.2) is 12.5 Å². The number of hydrogen-bond acceptors (Lipinski definition) is 3. The Labute approximate surface area is 174 Å². The van der Waals surface area contributed by atoms with Gasteiger partial charge in [0, 0.05) is 28.5 Å². The van der Waals surface area contributed by atoms with E-state index >= 15 is 0 Å². The summed E-state index contributed by atoms with van der Waals surface area (Å²) >= 11 is 11.9. The van der Waals surface area contributed by atoms with Gasteiger partial charge in [0.1, 0.15) is 5.75 Å². The lowest BCUT2D eigenvalue weighted by molar-refractivity contribution is -0.116. The molecule has 1 amide bonds. The van der Waals surface area contributed by atoms with Gasteiger partial charge < -0.3 is 15.4 Å². The van der Waals surface area contributed by atoms with Crippen LogP contribution in [-0.2, 0) is 4.79 Å². The van der Waals surface area contributed by atoms with Crippen molar-refractivity contribution in [1.82, 2.24) is 0 Å². The summed E-state index contributed by atoms with van der Waals surface area (Å²) in [6.45, 7) is 0.398. The van der Waals surface area contributed by atoms with E-state index in [-0.39, 0.29) is 5.91 Å². The first-order valence-electron chi connectivity index (χ1n) is 8.90. The molecule has 28 heavy (non-hydrogen) atoms. The number of amides is 1. The molecule has 3 aromatic carbocycles. The number of ether oxygens (including phenoxy) is 1. The van der Waals surface area contributed by atoms with E-state index in [4.69, 9.17) is 27.9 Å². The summed E-state index contributed by atoms with van der Waals surface area (Å²) in [6, 6.07) is 22.6. The zero-order valence-electron chi connectivity index (χ0n) is 15.1. The van der Waals surface area contributed by atoms with Gasteiger partial charge in [-0.2, -0.15) is 0 Å². The number of para-hydroxylation sites is 1. The molecule has 0 spiro atoms. The van der Waals surface area contributed by atoms with E-state index in [1.54, 1.807) is 18.2 Å². The molecule has 0 aliphatic heterocycles. The lowest BCUT2D eigenvalue weighted by atomic mass is 10.2. The van der Waals surface area contributed by atoms with Crippen molar-refractivity contribution in [3.63, 3.8) is 0 Å². The Balaban J connectivity index is 1.40. The maximum absolute atomic E-state index is 12.1. The van der Waals surface area contributed by atoms with Crippen LogP contribution in [0.25, 0.3) is 0 Å². The minimum Gasteiger partial charge on any atom is -0.492 e. The zero-order valence-corrected chi connectivity index (χ0v) is 16.6. The first-order chi connectivity index (χ1) is 13.6.